The van der Waals surface area contributed by atoms with Crippen molar-refractivity contribution in [3.8, 4) is 5.75 Å². The van der Waals surface area contributed by atoms with Gasteiger partial charge in [0.15, 0.2) is 5.78 Å². The molecule has 0 spiro atoms. The first-order valence-electron chi connectivity index (χ1n) is 10.3. The summed E-state index contributed by atoms with van der Waals surface area (Å²) in [6.45, 7) is 8.49. The SMILES string of the molecule is CCc1ccc2c(n1)C(=N)N(CC(=O)c1cc(C(C)C)c3c(c1)N(C)CCO3)C2. The molecule has 29 heavy (non-hydrogen) atoms. The summed E-state index contributed by atoms with van der Waals surface area (Å²) in [6.07, 6.45) is 0.835. The van der Waals surface area contributed by atoms with Gasteiger partial charge in [-0.05, 0) is 36.1 Å². The van der Waals surface area contributed by atoms with Crippen molar-refractivity contribution in [2.45, 2.75) is 39.7 Å². The fourth-order valence-electron chi connectivity index (χ4n) is 3.96. The van der Waals surface area contributed by atoms with Crippen LogP contribution in [0.5, 0.6) is 5.75 Å². The smallest absolute Gasteiger partial charge is 0.182 e. The summed E-state index contributed by atoms with van der Waals surface area (Å²) < 4.78 is 5.93. The van der Waals surface area contributed by atoms with E-state index in [0.717, 1.165) is 41.2 Å². The van der Waals surface area contributed by atoms with Crippen molar-refractivity contribution < 1.29 is 9.53 Å². The Hall–Kier alpha value is -2.89. The number of carbonyl (C=O) groups is 1. The van der Waals surface area contributed by atoms with E-state index >= 15 is 0 Å². The first kappa shape index (κ1) is 19.4. The number of aromatic nitrogens is 1. The molecule has 2 aromatic rings. The number of benzene rings is 1. The molecule has 1 N–H and O–H groups in total. The summed E-state index contributed by atoms with van der Waals surface area (Å²) in [5.41, 5.74) is 5.41. The fourth-order valence-corrected chi connectivity index (χ4v) is 3.96. The number of amidine groups is 1. The minimum absolute atomic E-state index is 0.0157. The predicted octanol–water partition coefficient (Wildman–Crippen LogP) is 3.62. The summed E-state index contributed by atoms with van der Waals surface area (Å²) in [7, 11) is 2.03. The number of anilines is 1. The van der Waals surface area contributed by atoms with E-state index in [-0.39, 0.29) is 18.2 Å². The Kier molecular flexibility index (Phi) is 5.03. The molecule has 0 amide bonds. The normalized spacial score (nSPS) is 15.4. The first-order chi connectivity index (χ1) is 13.9. The van der Waals surface area contributed by atoms with Gasteiger partial charge in [0, 0.05) is 30.4 Å². The largest absolute Gasteiger partial charge is 0.489 e. The van der Waals surface area contributed by atoms with E-state index in [1.165, 1.54) is 0 Å². The van der Waals surface area contributed by atoms with E-state index in [2.05, 4.69) is 30.7 Å². The van der Waals surface area contributed by atoms with Gasteiger partial charge >= 0.3 is 0 Å². The summed E-state index contributed by atoms with van der Waals surface area (Å²) in [5, 5.41) is 8.49. The lowest BCUT2D eigenvalue weighted by atomic mass is 9.95. The molecular weight excluding hydrogens is 364 g/mol. The van der Waals surface area contributed by atoms with Crippen LogP contribution in [-0.4, -0.2) is 48.2 Å². The van der Waals surface area contributed by atoms with E-state index in [9.17, 15) is 4.79 Å². The zero-order valence-electron chi connectivity index (χ0n) is 17.6. The Labute approximate surface area is 172 Å². The highest BCUT2D eigenvalue weighted by atomic mass is 16.5. The number of hydrogen-bond donors (Lipinski definition) is 1. The number of aryl methyl sites for hydroxylation is 1. The third-order valence-electron chi connectivity index (χ3n) is 5.76. The van der Waals surface area contributed by atoms with Gasteiger partial charge in [-0.15, -0.1) is 0 Å². The molecule has 0 unspecified atom stereocenters. The third-order valence-corrected chi connectivity index (χ3v) is 5.76. The highest BCUT2D eigenvalue weighted by molar-refractivity contribution is 6.05. The average Bonchev–Trinajstić information content (AvgIpc) is 3.02. The molecule has 0 saturated carbocycles. The van der Waals surface area contributed by atoms with Crippen LogP contribution in [0.1, 0.15) is 59.6 Å². The van der Waals surface area contributed by atoms with E-state index < -0.39 is 0 Å². The maximum absolute atomic E-state index is 13.2. The van der Waals surface area contributed by atoms with Gasteiger partial charge in [-0.3, -0.25) is 10.2 Å². The van der Waals surface area contributed by atoms with E-state index in [4.69, 9.17) is 10.1 Å². The molecule has 6 heteroatoms. The lowest BCUT2D eigenvalue weighted by Gasteiger charge is -2.31. The summed E-state index contributed by atoms with van der Waals surface area (Å²) in [5.74, 6) is 1.50. The van der Waals surface area contributed by atoms with Gasteiger partial charge in [-0.25, -0.2) is 4.98 Å². The number of nitrogens with one attached hydrogen (secondary N) is 1. The van der Waals surface area contributed by atoms with Crippen molar-refractivity contribution in [2.75, 3.05) is 31.6 Å². The molecule has 0 saturated heterocycles. The van der Waals surface area contributed by atoms with Crippen LogP contribution in [0.3, 0.4) is 0 Å². The lowest BCUT2D eigenvalue weighted by molar-refractivity contribution is 0.0962. The number of likely N-dealkylation sites (N-methyl/N-ethyl adjacent to an activating group) is 1. The molecule has 2 aliphatic rings. The Balaban J connectivity index is 1.60. The summed E-state index contributed by atoms with van der Waals surface area (Å²) in [6, 6.07) is 7.93. The van der Waals surface area contributed by atoms with Gasteiger partial charge in [0.25, 0.3) is 0 Å². The predicted molar refractivity (Wildman–Crippen MR) is 114 cm³/mol. The van der Waals surface area contributed by atoms with Gasteiger partial charge in [0.2, 0.25) is 0 Å². The Bertz CT molecular complexity index is 966. The van der Waals surface area contributed by atoms with Crippen LogP contribution in [0.25, 0.3) is 0 Å². The highest BCUT2D eigenvalue weighted by Gasteiger charge is 2.29. The highest BCUT2D eigenvalue weighted by Crippen LogP contribution is 2.39. The lowest BCUT2D eigenvalue weighted by Crippen LogP contribution is -2.32. The maximum atomic E-state index is 13.2. The van der Waals surface area contributed by atoms with Crippen LogP contribution in [0.15, 0.2) is 24.3 Å². The molecule has 0 aliphatic carbocycles. The van der Waals surface area contributed by atoms with Crippen LogP contribution in [0, 0.1) is 5.41 Å². The van der Waals surface area contributed by atoms with Gasteiger partial charge in [0.05, 0.1) is 18.8 Å². The zero-order chi connectivity index (χ0) is 20.7. The number of hydrogen-bond acceptors (Lipinski definition) is 5. The standard InChI is InChI=1S/C23H28N4O2/c1-5-17-7-6-15-12-27(23(24)21(15)25-17)13-20(28)16-10-18(14(2)3)22-19(11-16)26(4)8-9-29-22/h6-7,10-11,14,24H,5,8-9,12-13H2,1-4H3. The molecule has 6 nitrogen and oxygen atoms in total. The van der Waals surface area contributed by atoms with Crippen molar-refractivity contribution in [1.29, 1.82) is 5.41 Å². The Morgan fingerprint density at radius 3 is 2.83 bits per heavy atom. The quantitative estimate of drug-likeness (QED) is 0.787. The summed E-state index contributed by atoms with van der Waals surface area (Å²) in [4.78, 5) is 21.7. The number of rotatable bonds is 5. The molecule has 1 aromatic carbocycles. The molecule has 0 fully saturated rings. The van der Waals surface area contributed by atoms with Crippen LogP contribution in [0.2, 0.25) is 0 Å². The van der Waals surface area contributed by atoms with Crippen molar-refractivity contribution in [1.82, 2.24) is 9.88 Å². The number of fused-ring (bicyclic) bond motifs is 2. The molecule has 0 radical (unpaired) electrons. The number of carbonyl (C=O) groups excluding carboxylic acids is 1. The second-order valence-corrected chi connectivity index (χ2v) is 8.13. The zero-order valence-corrected chi connectivity index (χ0v) is 17.6. The molecular formula is C23H28N4O2. The second-order valence-electron chi connectivity index (χ2n) is 8.13. The van der Waals surface area contributed by atoms with Crippen molar-refractivity contribution in [3.05, 3.63) is 52.3 Å². The summed E-state index contributed by atoms with van der Waals surface area (Å²) >= 11 is 0. The first-order valence-corrected chi connectivity index (χ1v) is 10.3. The van der Waals surface area contributed by atoms with Crippen molar-refractivity contribution >= 4 is 17.3 Å². The van der Waals surface area contributed by atoms with Crippen LogP contribution >= 0.6 is 0 Å². The van der Waals surface area contributed by atoms with Gasteiger partial charge < -0.3 is 14.5 Å². The van der Waals surface area contributed by atoms with E-state index in [1.807, 2.05) is 36.2 Å². The Morgan fingerprint density at radius 1 is 1.31 bits per heavy atom. The van der Waals surface area contributed by atoms with Crippen molar-refractivity contribution in [2.24, 2.45) is 0 Å². The number of ether oxygens (including phenoxy) is 1. The Morgan fingerprint density at radius 2 is 2.10 bits per heavy atom. The number of nitrogens with zero attached hydrogens (tertiary/aromatic N) is 3. The topological polar surface area (TPSA) is 69.5 Å². The van der Waals surface area contributed by atoms with E-state index in [0.29, 0.717) is 30.2 Å². The van der Waals surface area contributed by atoms with Crippen molar-refractivity contribution in [3.63, 3.8) is 0 Å². The molecule has 0 bridgehead atoms. The second kappa shape index (κ2) is 7.50. The molecule has 152 valence electrons. The van der Waals surface area contributed by atoms with Crippen LogP contribution < -0.4 is 9.64 Å². The monoisotopic (exact) mass is 392 g/mol. The van der Waals surface area contributed by atoms with Gasteiger partial charge in [-0.1, -0.05) is 26.8 Å². The fraction of sp³-hybridized carbons (Fsp3) is 0.435. The average molecular weight is 393 g/mol. The van der Waals surface area contributed by atoms with E-state index in [1.54, 1.807) is 0 Å². The number of ketones is 1. The van der Waals surface area contributed by atoms with Crippen LogP contribution in [0.4, 0.5) is 5.69 Å². The van der Waals surface area contributed by atoms with Gasteiger partial charge in [0.1, 0.15) is 23.9 Å². The molecule has 0 atom stereocenters. The minimum atomic E-state index is 0.0157. The minimum Gasteiger partial charge on any atom is -0.489 e. The molecule has 3 heterocycles. The third kappa shape index (κ3) is 3.48. The number of pyridine rings is 1. The van der Waals surface area contributed by atoms with Gasteiger partial charge in [-0.2, -0.15) is 0 Å². The maximum Gasteiger partial charge on any atom is 0.182 e. The molecule has 1 aromatic heterocycles. The van der Waals surface area contributed by atoms with Crippen LogP contribution in [-0.2, 0) is 13.0 Å². The molecule has 4 rings (SSSR count). The molecule has 2 aliphatic heterocycles. The number of Topliss-reactive ketones (excluding diaryl/α,β-unsaturated/α-hetero) is 1.